The van der Waals surface area contributed by atoms with Crippen molar-refractivity contribution in [2.45, 2.75) is 6.04 Å². The molecule has 2 aliphatic heterocycles. The first-order chi connectivity index (χ1) is 6.40. The van der Waals surface area contributed by atoms with Gasteiger partial charge in [0.1, 0.15) is 0 Å². The van der Waals surface area contributed by atoms with E-state index in [1.165, 1.54) is 26.2 Å². The first kappa shape index (κ1) is 10.7. The normalized spacial score (nSPS) is 41.4. The van der Waals surface area contributed by atoms with Crippen LogP contribution in [0.2, 0.25) is 0 Å². The molecular weight excluding hydrogens is 200 g/mol. The second kappa shape index (κ2) is 3.97. The van der Waals surface area contributed by atoms with Crippen LogP contribution >= 0.6 is 12.4 Å². The SMILES string of the molecule is COCC1[C@H]2CN(C3CNC3)C[C@@H]12.Cl. The van der Waals surface area contributed by atoms with Crippen molar-refractivity contribution in [2.24, 2.45) is 17.8 Å². The molecule has 4 heteroatoms. The fourth-order valence-corrected chi connectivity index (χ4v) is 2.95. The van der Waals surface area contributed by atoms with E-state index in [4.69, 9.17) is 4.74 Å². The van der Waals surface area contributed by atoms with Crippen molar-refractivity contribution in [1.29, 1.82) is 0 Å². The first-order valence-electron chi connectivity index (χ1n) is 5.34. The highest BCUT2D eigenvalue weighted by Gasteiger charge is 2.56. The molecule has 3 aliphatic rings. The molecule has 0 amide bonds. The van der Waals surface area contributed by atoms with Crippen LogP contribution in [0.15, 0.2) is 0 Å². The van der Waals surface area contributed by atoms with Gasteiger partial charge in [-0.2, -0.15) is 0 Å². The summed E-state index contributed by atoms with van der Waals surface area (Å²) in [4.78, 5) is 2.66. The standard InChI is InChI=1S/C10H18N2O.ClH/c1-13-6-10-8-4-12(5-9(8)10)7-2-11-3-7;/h7-11H,2-6H2,1H3;1H/t8-,9+,10?;. The molecule has 1 N–H and O–H groups in total. The van der Waals surface area contributed by atoms with Gasteiger partial charge < -0.3 is 10.1 Å². The second-order valence-corrected chi connectivity index (χ2v) is 4.71. The van der Waals surface area contributed by atoms with Crippen LogP contribution in [0.4, 0.5) is 0 Å². The van der Waals surface area contributed by atoms with Crippen molar-refractivity contribution in [3.63, 3.8) is 0 Å². The molecule has 0 radical (unpaired) electrons. The van der Waals surface area contributed by atoms with Crippen LogP contribution in [0.1, 0.15) is 0 Å². The fourth-order valence-electron chi connectivity index (χ4n) is 2.95. The smallest absolute Gasteiger partial charge is 0.0496 e. The Morgan fingerprint density at radius 3 is 2.36 bits per heavy atom. The highest BCUT2D eigenvalue weighted by atomic mass is 35.5. The number of hydrogen-bond donors (Lipinski definition) is 1. The molecule has 3 fully saturated rings. The molecule has 3 nitrogen and oxygen atoms in total. The zero-order chi connectivity index (χ0) is 8.84. The van der Waals surface area contributed by atoms with Crippen LogP contribution in [0, 0.1) is 17.8 Å². The lowest BCUT2D eigenvalue weighted by Crippen LogP contribution is -2.57. The van der Waals surface area contributed by atoms with Gasteiger partial charge in [0.25, 0.3) is 0 Å². The minimum absolute atomic E-state index is 0. The van der Waals surface area contributed by atoms with Crippen molar-refractivity contribution in [2.75, 3.05) is 39.9 Å². The van der Waals surface area contributed by atoms with E-state index in [0.29, 0.717) is 0 Å². The molecule has 2 saturated heterocycles. The summed E-state index contributed by atoms with van der Waals surface area (Å²) in [6.45, 7) is 6.10. The minimum atomic E-state index is 0. The summed E-state index contributed by atoms with van der Waals surface area (Å²) in [5.41, 5.74) is 0. The highest BCUT2D eigenvalue weighted by molar-refractivity contribution is 5.85. The van der Waals surface area contributed by atoms with E-state index in [9.17, 15) is 0 Å². The number of piperidine rings is 1. The number of fused-ring (bicyclic) bond motifs is 1. The van der Waals surface area contributed by atoms with Gasteiger partial charge in [-0.05, 0) is 17.8 Å². The number of hydrogen-bond acceptors (Lipinski definition) is 3. The third kappa shape index (κ3) is 1.56. The maximum Gasteiger partial charge on any atom is 0.0496 e. The van der Waals surface area contributed by atoms with Crippen molar-refractivity contribution in [1.82, 2.24) is 10.2 Å². The average Bonchev–Trinajstić information content (AvgIpc) is 2.53. The molecule has 1 unspecified atom stereocenters. The molecule has 14 heavy (non-hydrogen) atoms. The van der Waals surface area contributed by atoms with E-state index >= 15 is 0 Å². The summed E-state index contributed by atoms with van der Waals surface area (Å²) in [5.74, 6) is 2.84. The predicted octanol–water partition coefficient (Wildman–Crippen LogP) is 0.204. The van der Waals surface area contributed by atoms with Crippen molar-refractivity contribution < 1.29 is 4.74 Å². The second-order valence-electron chi connectivity index (χ2n) is 4.71. The quantitative estimate of drug-likeness (QED) is 0.733. The summed E-state index contributed by atoms with van der Waals surface area (Å²) in [5, 5.41) is 3.34. The molecule has 82 valence electrons. The van der Waals surface area contributed by atoms with Crippen molar-refractivity contribution >= 4 is 12.4 Å². The Kier molecular flexibility index (Phi) is 3.03. The number of nitrogens with zero attached hydrogens (tertiary/aromatic N) is 1. The van der Waals surface area contributed by atoms with E-state index in [2.05, 4.69) is 10.2 Å². The van der Waals surface area contributed by atoms with E-state index in [1.54, 1.807) is 0 Å². The molecule has 0 aromatic carbocycles. The molecule has 3 atom stereocenters. The van der Waals surface area contributed by atoms with Gasteiger partial charge >= 0.3 is 0 Å². The van der Waals surface area contributed by atoms with Gasteiger partial charge in [0.2, 0.25) is 0 Å². The number of nitrogens with one attached hydrogen (secondary N) is 1. The fraction of sp³-hybridized carbons (Fsp3) is 1.00. The van der Waals surface area contributed by atoms with Gasteiger partial charge in [-0.1, -0.05) is 0 Å². The third-order valence-electron chi connectivity index (χ3n) is 4.04. The summed E-state index contributed by atoms with van der Waals surface area (Å²) in [7, 11) is 1.82. The summed E-state index contributed by atoms with van der Waals surface area (Å²) in [6.07, 6.45) is 0. The lowest BCUT2D eigenvalue weighted by atomic mass is 10.1. The van der Waals surface area contributed by atoms with Crippen LogP contribution < -0.4 is 5.32 Å². The zero-order valence-corrected chi connectivity index (χ0v) is 9.43. The Bertz CT molecular complexity index is 198. The lowest BCUT2D eigenvalue weighted by Gasteiger charge is -2.36. The Labute approximate surface area is 91.6 Å². The molecular formula is C10H19ClN2O. The maximum atomic E-state index is 5.21. The van der Waals surface area contributed by atoms with Gasteiger partial charge in [-0.15, -0.1) is 12.4 Å². The van der Waals surface area contributed by atoms with E-state index in [1.807, 2.05) is 7.11 Å². The Morgan fingerprint density at radius 2 is 1.93 bits per heavy atom. The Balaban J connectivity index is 0.000000750. The van der Waals surface area contributed by atoms with Crippen LogP contribution in [0.25, 0.3) is 0 Å². The van der Waals surface area contributed by atoms with E-state index < -0.39 is 0 Å². The van der Waals surface area contributed by atoms with Crippen LogP contribution in [0.5, 0.6) is 0 Å². The lowest BCUT2D eigenvalue weighted by molar-refractivity contribution is 0.127. The monoisotopic (exact) mass is 218 g/mol. The predicted molar refractivity (Wildman–Crippen MR) is 57.8 cm³/mol. The molecule has 0 bridgehead atoms. The van der Waals surface area contributed by atoms with Crippen LogP contribution in [-0.4, -0.2) is 50.8 Å². The molecule has 0 aromatic rings. The van der Waals surface area contributed by atoms with Gasteiger partial charge in [-0.25, -0.2) is 0 Å². The molecule has 3 rings (SSSR count). The minimum Gasteiger partial charge on any atom is -0.384 e. The van der Waals surface area contributed by atoms with E-state index in [-0.39, 0.29) is 12.4 Å². The van der Waals surface area contributed by atoms with Crippen molar-refractivity contribution in [3.05, 3.63) is 0 Å². The molecule has 2 heterocycles. The average molecular weight is 219 g/mol. The Hall–Kier alpha value is 0.170. The number of ether oxygens (including phenoxy) is 1. The van der Waals surface area contributed by atoms with E-state index in [0.717, 1.165) is 30.4 Å². The van der Waals surface area contributed by atoms with Crippen molar-refractivity contribution in [3.8, 4) is 0 Å². The largest absolute Gasteiger partial charge is 0.384 e. The summed E-state index contributed by atoms with van der Waals surface area (Å²) >= 11 is 0. The molecule has 0 aromatic heterocycles. The summed E-state index contributed by atoms with van der Waals surface area (Å²) in [6, 6.07) is 0.857. The number of halogens is 1. The molecule has 1 saturated carbocycles. The summed E-state index contributed by atoms with van der Waals surface area (Å²) < 4.78 is 5.21. The number of rotatable bonds is 3. The van der Waals surface area contributed by atoms with Gasteiger partial charge in [0.15, 0.2) is 0 Å². The molecule has 0 spiro atoms. The maximum absolute atomic E-state index is 5.21. The highest BCUT2D eigenvalue weighted by Crippen LogP contribution is 2.52. The first-order valence-corrected chi connectivity index (χ1v) is 5.34. The number of likely N-dealkylation sites (tertiary alicyclic amines) is 1. The van der Waals surface area contributed by atoms with Gasteiger partial charge in [0, 0.05) is 45.9 Å². The number of methoxy groups -OCH3 is 1. The third-order valence-corrected chi connectivity index (χ3v) is 4.04. The zero-order valence-electron chi connectivity index (χ0n) is 8.61. The van der Waals surface area contributed by atoms with Crippen LogP contribution in [0.3, 0.4) is 0 Å². The van der Waals surface area contributed by atoms with Gasteiger partial charge in [-0.3, -0.25) is 4.90 Å². The Morgan fingerprint density at radius 1 is 1.29 bits per heavy atom. The topological polar surface area (TPSA) is 24.5 Å². The van der Waals surface area contributed by atoms with Crippen LogP contribution in [-0.2, 0) is 4.74 Å². The van der Waals surface area contributed by atoms with Gasteiger partial charge in [0.05, 0.1) is 0 Å². The molecule has 1 aliphatic carbocycles.